The number of ether oxygens (including phenoxy) is 3. The number of esters is 2. The minimum atomic E-state index is -0.874. The molecule has 2 atom stereocenters. The molecule has 0 amide bonds. The second kappa shape index (κ2) is 50.7. The molecule has 8 nitrogen and oxygen atoms in total. The summed E-state index contributed by atoms with van der Waals surface area (Å²) in [6.07, 6.45) is 63.2. The number of carbonyl (C=O) groups is 3. The van der Waals surface area contributed by atoms with Gasteiger partial charge in [0.2, 0.25) is 0 Å². The van der Waals surface area contributed by atoms with Crippen LogP contribution in [0.3, 0.4) is 0 Å². The molecule has 8 heteroatoms. The Bertz CT molecular complexity index is 1250. The fraction of sp³-hybridized carbons (Fsp3) is 0.817. The third-order valence-corrected chi connectivity index (χ3v) is 13.0. The highest BCUT2D eigenvalue weighted by Gasteiger charge is 2.31. The quantitative estimate of drug-likeness (QED) is 0.0281. The van der Waals surface area contributed by atoms with E-state index in [9.17, 15) is 19.5 Å². The summed E-state index contributed by atoms with van der Waals surface area (Å²) in [6, 6.07) is -0.617. The number of allylic oxidation sites excluding steroid dienone is 8. The zero-order chi connectivity index (χ0) is 49.9. The van der Waals surface area contributed by atoms with Crippen LogP contribution >= 0.6 is 0 Å². The number of carboxylic acids is 1. The minimum absolute atomic E-state index is 0.0530. The number of aliphatic carboxylic acids is 1. The molecule has 0 aliphatic carbocycles. The number of likely N-dealkylation sites (N-methyl/N-ethyl adjacent to an activating group) is 1. The van der Waals surface area contributed by atoms with Gasteiger partial charge in [0.25, 0.3) is 0 Å². The number of nitrogens with zero attached hydrogens (tertiary/aromatic N) is 1. The van der Waals surface area contributed by atoms with Gasteiger partial charge in [-0.25, -0.2) is 4.79 Å². The topological polar surface area (TPSA) is 99.1 Å². The van der Waals surface area contributed by atoms with Crippen molar-refractivity contribution in [1.29, 1.82) is 0 Å². The molecule has 68 heavy (non-hydrogen) atoms. The maximum absolute atomic E-state index is 12.8. The molecule has 0 bridgehead atoms. The largest absolute Gasteiger partial charge is 0.477 e. The van der Waals surface area contributed by atoms with Gasteiger partial charge in [0.1, 0.15) is 6.61 Å². The second-order valence-electron chi connectivity index (χ2n) is 20.5. The molecule has 396 valence electrons. The average Bonchev–Trinajstić information content (AvgIpc) is 3.30. The summed E-state index contributed by atoms with van der Waals surface area (Å²) in [7, 11) is 5.54. The Balaban J connectivity index is 4.16. The fourth-order valence-electron chi connectivity index (χ4n) is 8.57. The highest BCUT2D eigenvalue weighted by molar-refractivity contribution is 5.72. The molecular weight excluding hydrogens is 847 g/mol. The number of carbonyl (C=O) groups excluding carboxylic acids is 2. The van der Waals surface area contributed by atoms with Crippen LogP contribution in [0.5, 0.6) is 0 Å². The molecule has 0 aromatic heterocycles. The van der Waals surface area contributed by atoms with Crippen LogP contribution in [0, 0.1) is 0 Å². The number of unbranched alkanes of at least 4 members (excludes halogenated alkanes) is 30. The summed E-state index contributed by atoms with van der Waals surface area (Å²) in [5.74, 6) is -1.46. The standard InChI is InChI=1S/C60H109NO7/c1-6-8-10-12-14-16-18-20-22-24-26-28-29-31-32-34-36-38-40-42-44-46-48-50-58(62)67-55-56(54-66-53-52-57(60(64)65)61(3,4)5)68-59(63)51-49-47-45-43-41-39-37-35-33-30-27-25-23-21-19-17-15-13-11-9-7-2/h9,11,15,17,21,23,31-32,56-57H,6-8,10,12-14,16,18-20,22,24-30,33-55H2,1-5H3/p+1/b11-9+,17-15+,23-21+,32-31+. The molecule has 0 aliphatic rings. The Kier molecular flexibility index (Phi) is 48.7. The lowest BCUT2D eigenvalue weighted by Crippen LogP contribution is -2.50. The van der Waals surface area contributed by atoms with Crippen molar-refractivity contribution in [1.82, 2.24) is 0 Å². The number of quaternary nitrogens is 1. The number of hydrogen-bond donors (Lipinski definition) is 1. The van der Waals surface area contributed by atoms with Crippen molar-refractivity contribution in [3.63, 3.8) is 0 Å². The van der Waals surface area contributed by atoms with Gasteiger partial charge in [-0.1, -0.05) is 223 Å². The van der Waals surface area contributed by atoms with Crippen LogP contribution in [0.2, 0.25) is 0 Å². The van der Waals surface area contributed by atoms with E-state index in [4.69, 9.17) is 14.2 Å². The lowest BCUT2D eigenvalue weighted by Gasteiger charge is -2.31. The van der Waals surface area contributed by atoms with Crippen molar-refractivity contribution in [3.8, 4) is 0 Å². The monoisotopic (exact) mass is 957 g/mol. The van der Waals surface area contributed by atoms with Gasteiger partial charge in [0, 0.05) is 19.3 Å². The predicted molar refractivity (Wildman–Crippen MR) is 289 cm³/mol. The normalized spacial score (nSPS) is 13.1. The van der Waals surface area contributed by atoms with Crippen LogP contribution < -0.4 is 0 Å². The van der Waals surface area contributed by atoms with Crippen LogP contribution in [0.1, 0.15) is 264 Å². The van der Waals surface area contributed by atoms with E-state index in [1.165, 1.54) is 173 Å². The molecule has 0 rings (SSSR count). The van der Waals surface area contributed by atoms with Gasteiger partial charge in [0.05, 0.1) is 34.4 Å². The Morgan fingerprint density at radius 2 is 0.824 bits per heavy atom. The number of hydrogen-bond acceptors (Lipinski definition) is 6. The zero-order valence-electron chi connectivity index (χ0n) is 45.3. The minimum Gasteiger partial charge on any atom is -0.477 e. The van der Waals surface area contributed by atoms with Gasteiger partial charge < -0.3 is 23.8 Å². The lowest BCUT2D eigenvalue weighted by atomic mass is 10.0. The molecule has 0 aromatic rings. The summed E-state index contributed by atoms with van der Waals surface area (Å²) < 4.78 is 17.4. The number of rotatable bonds is 52. The Morgan fingerprint density at radius 1 is 0.456 bits per heavy atom. The summed E-state index contributed by atoms with van der Waals surface area (Å²) in [5.41, 5.74) is 0. The lowest BCUT2D eigenvalue weighted by molar-refractivity contribution is -0.887. The van der Waals surface area contributed by atoms with E-state index in [1.807, 2.05) is 21.1 Å². The van der Waals surface area contributed by atoms with E-state index in [1.54, 1.807) is 0 Å². The van der Waals surface area contributed by atoms with Crippen LogP contribution in [-0.2, 0) is 28.6 Å². The first kappa shape index (κ1) is 65.3. The maximum Gasteiger partial charge on any atom is 0.362 e. The first-order chi connectivity index (χ1) is 33.1. The summed E-state index contributed by atoms with van der Waals surface area (Å²) in [6.45, 7) is 4.66. The van der Waals surface area contributed by atoms with E-state index in [0.29, 0.717) is 19.3 Å². The molecule has 1 N–H and O–H groups in total. The van der Waals surface area contributed by atoms with Gasteiger partial charge in [-0.2, -0.15) is 0 Å². The first-order valence-corrected chi connectivity index (χ1v) is 28.7. The molecule has 0 saturated carbocycles. The van der Waals surface area contributed by atoms with Gasteiger partial charge in [-0.05, 0) is 70.6 Å². The van der Waals surface area contributed by atoms with Crippen molar-refractivity contribution in [2.24, 2.45) is 0 Å². The molecule has 0 heterocycles. The van der Waals surface area contributed by atoms with Gasteiger partial charge in [0.15, 0.2) is 12.1 Å². The molecule has 0 radical (unpaired) electrons. The van der Waals surface area contributed by atoms with E-state index in [-0.39, 0.29) is 36.2 Å². The zero-order valence-corrected chi connectivity index (χ0v) is 45.3. The van der Waals surface area contributed by atoms with Crippen LogP contribution in [-0.4, -0.2) is 80.6 Å². The molecule has 0 spiro atoms. The van der Waals surface area contributed by atoms with Crippen molar-refractivity contribution >= 4 is 17.9 Å². The van der Waals surface area contributed by atoms with Crippen molar-refractivity contribution in [3.05, 3.63) is 48.6 Å². The number of carboxylic acid groups (broad SMARTS) is 1. The van der Waals surface area contributed by atoms with Crippen molar-refractivity contribution in [2.45, 2.75) is 276 Å². The SMILES string of the molecule is CC/C=C/C/C=C/C/C=C/CCCCCCCCCCCCCC(=O)OC(COCCC(C(=O)O)[N+](C)(C)C)COC(=O)CCCCCCCCC/C=C/CCCCCCCCCCCCCC. The first-order valence-electron chi connectivity index (χ1n) is 28.7. The second-order valence-corrected chi connectivity index (χ2v) is 20.5. The molecule has 0 saturated heterocycles. The molecule has 2 unspecified atom stereocenters. The fourth-order valence-corrected chi connectivity index (χ4v) is 8.57. The van der Waals surface area contributed by atoms with Crippen LogP contribution in [0.15, 0.2) is 48.6 Å². The summed E-state index contributed by atoms with van der Waals surface area (Å²) in [4.78, 5) is 37.3. The molecule has 0 aromatic carbocycles. The molecular formula is C60H110NO7+. The van der Waals surface area contributed by atoms with Gasteiger partial charge >= 0.3 is 17.9 Å². The summed E-state index contributed by atoms with van der Waals surface area (Å²) >= 11 is 0. The smallest absolute Gasteiger partial charge is 0.362 e. The molecule has 0 fully saturated rings. The third-order valence-electron chi connectivity index (χ3n) is 13.0. The van der Waals surface area contributed by atoms with Crippen molar-refractivity contribution in [2.75, 3.05) is 41.0 Å². The van der Waals surface area contributed by atoms with Crippen LogP contribution in [0.4, 0.5) is 0 Å². The van der Waals surface area contributed by atoms with Gasteiger partial charge in [-0.3, -0.25) is 9.59 Å². The van der Waals surface area contributed by atoms with E-state index >= 15 is 0 Å². The Hall–Kier alpha value is -2.71. The van der Waals surface area contributed by atoms with Gasteiger partial charge in [-0.15, -0.1) is 0 Å². The summed E-state index contributed by atoms with van der Waals surface area (Å²) in [5, 5.41) is 9.68. The van der Waals surface area contributed by atoms with E-state index < -0.39 is 18.1 Å². The van der Waals surface area contributed by atoms with Crippen LogP contribution in [0.25, 0.3) is 0 Å². The van der Waals surface area contributed by atoms with E-state index in [2.05, 4.69) is 62.5 Å². The maximum atomic E-state index is 12.8. The third kappa shape index (κ3) is 48.3. The average molecular weight is 958 g/mol. The Morgan fingerprint density at radius 3 is 1.24 bits per heavy atom. The van der Waals surface area contributed by atoms with E-state index in [0.717, 1.165) is 57.8 Å². The highest BCUT2D eigenvalue weighted by Crippen LogP contribution is 2.16. The molecule has 0 aliphatic heterocycles. The predicted octanol–water partition coefficient (Wildman–Crippen LogP) is 17.1. The van der Waals surface area contributed by atoms with Crippen molar-refractivity contribution < 1.29 is 38.2 Å². The highest BCUT2D eigenvalue weighted by atomic mass is 16.6. The Labute approximate surface area is 420 Å².